The van der Waals surface area contributed by atoms with Gasteiger partial charge in [-0.25, -0.2) is 0 Å². The predicted molar refractivity (Wildman–Crippen MR) is 77.2 cm³/mol. The fourth-order valence-corrected chi connectivity index (χ4v) is 3.29. The van der Waals surface area contributed by atoms with E-state index >= 15 is 0 Å². The number of hydrogen-bond donors (Lipinski definition) is 1. The molecule has 2 rings (SSSR count). The number of nitro groups is 1. The molecule has 0 aromatic heterocycles. The van der Waals surface area contributed by atoms with Gasteiger partial charge in [0.1, 0.15) is 0 Å². The second-order valence-corrected chi connectivity index (χ2v) is 7.10. The number of phenolic OH excluding ortho intramolecular Hbond substituents is 1. The molecule has 6 nitrogen and oxygen atoms in total. The topological polar surface area (TPSA) is 83.7 Å². The standard InChI is InChI=1S/C13H16N2O4S/c1-13(2)8-14(5-6-20-13)12(17)9-3-4-10(15(18)19)11(16)7-9/h3-4,7,16H,5-6,8H2,1-2H3. The van der Waals surface area contributed by atoms with Crippen LogP contribution in [-0.2, 0) is 0 Å². The molecule has 0 spiro atoms. The highest BCUT2D eigenvalue weighted by atomic mass is 32.2. The highest BCUT2D eigenvalue weighted by Crippen LogP contribution is 2.31. The summed E-state index contributed by atoms with van der Waals surface area (Å²) in [6, 6.07) is 3.70. The molecule has 1 heterocycles. The molecule has 0 atom stereocenters. The summed E-state index contributed by atoms with van der Waals surface area (Å²) < 4.78 is -0.00324. The fourth-order valence-electron chi connectivity index (χ4n) is 2.18. The Hall–Kier alpha value is -1.76. The normalized spacial score (nSPS) is 17.8. The molecule has 0 saturated carbocycles. The SMILES string of the molecule is CC1(C)CN(C(=O)c2ccc([N+](=O)[O-])c(O)c2)CCS1. The Morgan fingerprint density at radius 1 is 1.50 bits per heavy atom. The quantitative estimate of drug-likeness (QED) is 0.668. The Morgan fingerprint density at radius 3 is 2.75 bits per heavy atom. The first-order valence-electron chi connectivity index (χ1n) is 6.21. The van der Waals surface area contributed by atoms with Crippen LogP contribution in [0.3, 0.4) is 0 Å². The number of amides is 1. The maximum atomic E-state index is 12.4. The number of nitrogens with zero attached hydrogens (tertiary/aromatic N) is 2. The van der Waals surface area contributed by atoms with Crippen molar-refractivity contribution in [1.29, 1.82) is 0 Å². The summed E-state index contributed by atoms with van der Waals surface area (Å²) in [6.45, 7) is 5.41. The van der Waals surface area contributed by atoms with Crippen LogP contribution in [0.25, 0.3) is 0 Å². The number of phenols is 1. The number of benzene rings is 1. The Morgan fingerprint density at radius 2 is 2.20 bits per heavy atom. The van der Waals surface area contributed by atoms with Gasteiger partial charge in [0, 0.05) is 35.2 Å². The van der Waals surface area contributed by atoms with Crippen molar-refractivity contribution in [2.24, 2.45) is 0 Å². The Balaban J connectivity index is 2.21. The minimum atomic E-state index is -0.676. The number of carbonyl (C=O) groups excluding carboxylic acids is 1. The molecule has 1 N–H and O–H groups in total. The van der Waals surface area contributed by atoms with Crippen LogP contribution >= 0.6 is 11.8 Å². The number of carbonyl (C=O) groups is 1. The van der Waals surface area contributed by atoms with E-state index in [0.717, 1.165) is 17.9 Å². The Labute approximate surface area is 120 Å². The molecule has 0 bridgehead atoms. The van der Waals surface area contributed by atoms with E-state index in [-0.39, 0.29) is 16.2 Å². The molecule has 1 amide bonds. The van der Waals surface area contributed by atoms with Gasteiger partial charge in [0.25, 0.3) is 5.91 Å². The van der Waals surface area contributed by atoms with E-state index in [9.17, 15) is 20.0 Å². The third-order valence-electron chi connectivity index (χ3n) is 3.13. The van der Waals surface area contributed by atoms with Crippen LogP contribution in [0.5, 0.6) is 5.75 Å². The molecule has 1 aliphatic heterocycles. The molecular formula is C13H16N2O4S. The van der Waals surface area contributed by atoms with Gasteiger partial charge in [-0.05, 0) is 26.0 Å². The third kappa shape index (κ3) is 3.04. The zero-order chi connectivity index (χ0) is 14.9. The van der Waals surface area contributed by atoms with Gasteiger partial charge in [0.15, 0.2) is 5.75 Å². The lowest BCUT2D eigenvalue weighted by Gasteiger charge is -2.37. The van der Waals surface area contributed by atoms with E-state index < -0.39 is 16.4 Å². The molecule has 7 heteroatoms. The molecule has 0 unspecified atom stereocenters. The maximum absolute atomic E-state index is 12.4. The first-order chi connectivity index (χ1) is 9.30. The van der Waals surface area contributed by atoms with Crippen LogP contribution < -0.4 is 0 Å². The molecule has 1 aromatic carbocycles. The highest BCUT2D eigenvalue weighted by Gasteiger charge is 2.30. The number of hydrogen-bond acceptors (Lipinski definition) is 5. The minimum absolute atomic E-state index is 0.00324. The lowest BCUT2D eigenvalue weighted by Crippen LogP contribution is -2.46. The summed E-state index contributed by atoms with van der Waals surface area (Å²) in [5.74, 6) is 0.174. The number of aromatic hydroxyl groups is 1. The van der Waals surface area contributed by atoms with Gasteiger partial charge in [-0.1, -0.05) is 0 Å². The largest absolute Gasteiger partial charge is 0.502 e. The summed E-state index contributed by atoms with van der Waals surface area (Å²) in [7, 11) is 0. The second kappa shape index (κ2) is 5.32. The van der Waals surface area contributed by atoms with Gasteiger partial charge >= 0.3 is 5.69 Å². The summed E-state index contributed by atoms with van der Waals surface area (Å²) in [4.78, 5) is 24.0. The van der Waals surface area contributed by atoms with E-state index in [1.54, 1.807) is 4.90 Å². The van der Waals surface area contributed by atoms with Crippen LogP contribution in [0.2, 0.25) is 0 Å². The number of rotatable bonds is 2. The smallest absolute Gasteiger partial charge is 0.310 e. The Bertz CT molecular complexity index is 559. The van der Waals surface area contributed by atoms with Gasteiger partial charge < -0.3 is 10.0 Å². The summed E-state index contributed by atoms with van der Waals surface area (Å²) in [6.07, 6.45) is 0. The fraction of sp³-hybridized carbons (Fsp3) is 0.462. The average Bonchev–Trinajstić information content (AvgIpc) is 2.36. The summed E-state index contributed by atoms with van der Waals surface area (Å²) in [5.41, 5.74) is -0.119. The summed E-state index contributed by atoms with van der Waals surface area (Å²) >= 11 is 1.81. The van der Waals surface area contributed by atoms with Gasteiger partial charge in [0.2, 0.25) is 0 Å². The lowest BCUT2D eigenvalue weighted by atomic mass is 10.1. The molecule has 1 fully saturated rings. The predicted octanol–water partition coefficient (Wildman–Crippen LogP) is 2.27. The van der Waals surface area contributed by atoms with Crippen molar-refractivity contribution in [3.05, 3.63) is 33.9 Å². The van der Waals surface area contributed by atoms with Gasteiger partial charge in [-0.3, -0.25) is 14.9 Å². The van der Waals surface area contributed by atoms with Gasteiger partial charge in [0.05, 0.1) is 4.92 Å². The minimum Gasteiger partial charge on any atom is -0.502 e. The van der Waals surface area contributed by atoms with Crippen molar-refractivity contribution in [2.45, 2.75) is 18.6 Å². The van der Waals surface area contributed by atoms with Crippen molar-refractivity contribution in [1.82, 2.24) is 4.90 Å². The van der Waals surface area contributed by atoms with E-state index in [4.69, 9.17) is 0 Å². The average molecular weight is 296 g/mol. The molecule has 1 aliphatic rings. The van der Waals surface area contributed by atoms with E-state index in [0.29, 0.717) is 13.1 Å². The number of thioether (sulfide) groups is 1. The maximum Gasteiger partial charge on any atom is 0.310 e. The first kappa shape index (κ1) is 14.6. The molecule has 0 aliphatic carbocycles. The van der Waals surface area contributed by atoms with Crippen molar-refractivity contribution in [3.63, 3.8) is 0 Å². The highest BCUT2D eigenvalue weighted by molar-refractivity contribution is 8.00. The van der Waals surface area contributed by atoms with Crippen LogP contribution in [0, 0.1) is 10.1 Å². The van der Waals surface area contributed by atoms with Gasteiger partial charge in [-0.15, -0.1) is 0 Å². The third-order valence-corrected chi connectivity index (χ3v) is 4.43. The van der Waals surface area contributed by atoms with Crippen molar-refractivity contribution < 1.29 is 14.8 Å². The van der Waals surface area contributed by atoms with Crippen molar-refractivity contribution >= 4 is 23.4 Å². The molecule has 20 heavy (non-hydrogen) atoms. The second-order valence-electron chi connectivity index (χ2n) is 5.30. The van der Waals surface area contributed by atoms with Gasteiger partial charge in [-0.2, -0.15) is 11.8 Å². The zero-order valence-electron chi connectivity index (χ0n) is 11.3. The van der Waals surface area contributed by atoms with Crippen LogP contribution in [0.4, 0.5) is 5.69 Å². The molecule has 108 valence electrons. The van der Waals surface area contributed by atoms with E-state index in [1.807, 2.05) is 11.8 Å². The summed E-state index contributed by atoms with van der Waals surface area (Å²) in [5, 5.41) is 20.2. The van der Waals surface area contributed by atoms with E-state index in [2.05, 4.69) is 13.8 Å². The first-order valence-corrected chi connectivity index (χ1v) is 7.19. The monoisotopic (exact) mass is 296 g/mol. The zero-order valence-corrected chi connectivity index (χ0v) is 12.1. The lowest BCUT2D eigenvalue weighted by molar-refractivity contribution is -0.385. The molecule has 0 radical (unpaired) electrons. The Kier molecular flexibility index (Phi) is 3.89. The molecular weight excluding hydrogens is 280 g/mol. The van der Waals surface area contributed by atoms with Crippen LogP contribution in [-0.4, -0.2) is 44.4 Å². The van der Waals surface area contributed by atoms with Crippen molar-refractivity contribution in [3.8, 4) is 5.75 Å². The number of nitro benzene ring substituents is 1. The van der Waals surface area contributed by atoms with Crippen LogP contribution in [0.1, 0.15) is 24.2 Å². The van der Waals surface area contributed by atoms with Crippen LogP contribution in [0.15, 0.2) is 18.2 Å². The molecule has 1 aromatic rings. The van der Waals surface area contributed by atoms with Crippen molar-refractivity contribution in [2.75, 3.05) is 18.8 Å². The van der Waals surface area contributed by atoms with E-state index in [1.165, 1.54) is 6.07 Å². The molecule has 1 saturated heterocycles.